The fourth-order valence-corrected chi connectivity index (χ4v) is 6.91. The van der Waals surface area contributed by atoms with Crippen LogP contribution in [-0.2, 0) is 32.6 Å². The minimum Gasteiger partial charge on any atom is -0.352 e. The van der Waals surface area contributed by atoms with Crippen LogP contribution in [0, 0.1) is 0 Å². The first-order valence-corrected chi connectivity index (χ1v) is 16.9. The molecule has 0 aliphatic heterocycles. The zero-order chi connectivity index (χ0) is 32.7. The second kappa shape index (κ2) is 15.3. The van der Waals surface area contributed by atoms with Crippen molar-refractivity contribution in [3.8, 4) is 0 Å². The summed E-state index contributed by atoms with van der Waals surface area (Å²) in [6, 6.07) is 24.9. The van der Waals surface area contributed by atoms with Crippen LogP contribution >= 0.6 is 46.4 Å². The van der Waals surface area contributed by atoms with E-state index in [9.17, 15) is 18.0 Å². The Morgan fingerprint density at radius 3 is 1.93 bits per heavy atom. The molecule has 0 fully saturated rings. The van der Waals surface area contributed by atoms with Crippen LogP contribution in [0.4, 0.5) is 5.69 Å². The van der Waals surface area contributed by atoms with E-state index >= 15 is 0 Å². The number of amides is 2. The van der Waals surface area contributed by atoms with E-state index in [1.165, 1.54) is 35.2 Å². The van der Waals surface area contributed by atoms with Crippen LogP contribution in [0.5, 0.6) is 0 Å². The van der Waals surface area contributed by atoms with E-state index in [2.05, 4.69) is 5.32 Å². The van der Waals surface area contributed by atoms with Crippen molar-refractivity contribution in [2.24, 2.45) is 0 Å². The summed E-state index contributed by atoms with van der Waals surface area (Å²) in [4.78, 5) is 29.6. The van der Waals surface area contributed by atoms with Crippen molar-refractivity contribution < 1.29 is 18.0 Å². The van der Waals surface area contributed by atoms with E-state index < -0.39 is 34.4 Å². The van der Waals surface area contributed by atoms with Gasteiger partial charge in [-0.25, -0.2) is 8.42 Å². The molecule has 12 heteroatoms. The number of hydrogen-bond acceptors (Lipinski definition) is 4. The van der Waals surface area contributed by atoms with Gasteiger partial charge in [0.25, 0.3) is 10.0 Å². The molecule has 4 aromatic rings. The largest absolute Gasteiger partial charge is 0.352 e. The minimum atomic E-state index is -4.29. The third-order valence-electron chi connectivity index (χ3n) is 6.89. The summed E-state index contributed by atoms with van der Waals surface area (Å²) in [6.45, 7) is 2.79. The molecule has 0 bridgehead atoms. The molecule has 0 radical (unpaired) electrons. The van der Waals surface area contributed by atoms with Crippen molar-refractivity contribution in [3.63, 3.8) is 0 Å². The Balaban J connectivity index is 1.85. The van der Waals surface area contributed by atoms with Crippen molar-refractivity contribution in [2.45, 2.75) is 43.8 Å². The van der Waals surface area contributed by atoms with Crippen molar-refractivity contribution in [1.29, 1.82) is 0 Å². The molecule has 1 N–H and O–H groups in total. The Kier molecular flexibility index (Phi) is 11.8. The van der Waals surface area contributed by atoms with Gasteiger partial charge in [-0.3, -0.25) is 13.9 Å². The fourth-order valence-electron chi connectivity index (χ4n) is 4.68. The molecule has 0 saturated heterocycles. The van der Waals surface area contributed by atoms with E-state index in [0.717, 1.165) is 9.87 Å². The van der Waals surface area contributed by atoms with Crippen LogP contribution < -0.4 is 9.62 Å². The third kappa shape index (κ3) is 8.71. The lowest BCUT2D eigenvalue weighted by atomic mass is 10.0. The van der Waals surface area contributed by atoms with Crippen LogP contribution in [0.25, 0.3) is 0 Å². The van der Waals surface area contributed by atoms with E-state index in [0.29, 0.717) is 15.6 Å². The molecule has 4 aromatic carbocycles. The smallest absolute Gasteiger partial charge is 0.264 e. The zero-order valence-corrected chi connectivity index (χ0v) is 28.3. The number of sulfonamides is 1. The number of carbonyl (C=O) groups is 2. The number of anilines is 1. The standard InChI is InChI=1S/C33H31Cl4N3O4S/c1-22(2)38-33(42)31(18-23-10-5-3-6-11-23)39(20-26-27(34)14-9-15-28(26)35)32(41)21-40(24-16-17-29(36)30(37)19-24)45(43,44)25-12-7-4-8-13-25/h3-17,19,22,31H,18,20-21H2,1-2H3,(H,38,42)/t31-/m0/s1. The molecule has 1 atom stereocenters. The van der Waals surface area contributed by atoms with Crippen LogP contribution in [0.1, 0.15) is 25.0 Å². The Morgan fingerprint density at radius 1 is 0.756 bits per heavy atom. The number of halogens is 4. The molecule has 0 heterocycles. The number of hydrogen-bond donors (Lipinski definition) is 1. The molecule has 45 heavy (non-hydrogen) atoms. The van der Waals surface area contributed by atoms with Crippen molar-refractivity contribution in [2.75, 3.05) is 10.8 Å². The predicted octanol–water partition coefficient (Wildman–Crippen LogP) is 7.66. The van der Waals surface area contributed by atoms with E-state index in [4.69, 9.17) is 46.4 Å². The number of carbonyl (C=O) groups excluding carboxylic acids is 2. The molecule has 0 aromatic heterocycles. The van der Waals surface area contributed by atoms with Crippen LogP contribution in [-0.4, -0.2) is 43.8 Å². The Hall–Kier alpha value is -3.27. The highest BCUT2D eigenvalue weighted by molar-refractivity contribution is 7.92. The first kappa shape index (κ1) is 34.6. The minimum absolute atomic E-state index is 0.0389. The number of nitrogens with zero attached hydrogens (tertiary/aromatic N) is 2. The van der Waals surface area contributed by atoms with Gasteiger partial charge >= 0.3 is 0 Å². The number of benzene rings is 4. The normalized spacial score (nSPS) is 12.1. The van der Waals surface area contributed by atoms with Gasteiger partial charge in [-0.15, -0.1) is 0 Å². The van der Waals surface area contributed by atoms with Gasteiger partial charge in [-0.05, 0) is 61.9 Å². The van der Waals surface area contributed by atoms with E-state index in [1.54, 1.807) is 36.4 Å². The topological polar surface area (TPSA) is 86.8 Å². The molecule has 0 aliphatic rings. The van der Waals surface area contributed by atoms with Crippen LogP contribution in [0.3, 0.4) is 0 Å². The number of nitrogens with one attached hydrogen (secondary N) is 1. The lowest BCUT2D eigenvalue weighted by Gasteiger charge is -2.34. The van der Waals surface area contributed by atoms with E-state index in [-0.39, 0.29) is 39.6 Å². The molecular weight excluding hydrogens is 676 g/mol. The van der Waals surface area contributed by atoms with Gasteiger partial charge in [0.1, 0.15) is 12.6 Å². The molecule has 0 saturated carbocycles. The summed E-state index contributed by atoms with van der Waals surface area (Å²) < 4.78 is 29.1. The van der Waals surface area contributed by atoms with Crippen molar-refractivity contribution in [3.05, 3.63) is 128 Å². The summed E-state index contributed by atoms with van der Waals surface area (Å²) in [6.07, 6.45) is 0.144. The monoisotopic (exact) mass is 705 g/mol. The predicted molar refractivity (Wildman–Crippen MR) is 182 cm³/mol. The zero-order valence-electron chi connectivity index (χ0n) is 24.5. The van der Waals surface area contributed by atoms with Gasteiger partial charge in [0.2, 0.25) is 11.8 Å². The van der Waals surface area contributed by atoms with Crippen LogP contribution in [0.15, 0.2) is 102 Å². The second-order valence-electron chi connectivity index (χ2n) is 10.5. The highest BCUT2D eigenvalue weighted by Gasteiger charge is 2.35. The molecule has 0 aliphatic carbocycles. The van der Waals surface area contributed by atoms with Crippen molar-refractivity contribution in [1.82, 2.24) is 10.2 Å². The third-order valence-corrected chi connectivity index (χ3v) is 10.1. The Labute approximate surface area is 283 Å². The quantitative estimate of drug-likeness (QED) is 0.164. The van der Waals surface area contributed by atoms with Gasteiger partial charge < -0.3 is 10.2 Å². The molecular formula is C33H31Cl4N3O4S. The lowest BCUT2D eigenvalue weighted by molar-refractivity contribution is -0.140. The maximum atomic E-state index is 14.5. The Bertz CT molecular complexity index is 1740. The van der Waals surface area contributed by atoms with Gasteiger partial charge in [0.15, 0.2) is 0 Å². The van der Waals surface area contributed by atoms with Crippen LogP contribution in [0.2, 0.25) is 20.1 Å². The fraction of sp³-hybridized carbons (Fsp3) is 0.212. The maximum Gasteiger partial charge on any atom is 0.264 e. The first-order chi connectivity index (χ1) is 21.4. The second-order valence-corrected chi connectivity index (χ2v) is 14.0. The highest BCUT2D eigenvalue weighted by Crippen LogP contribution is 2.32. The first-order valence-electron chi connectivity index (χ1n) is 14.0. The SMILES string of the molecule is CC(C)NC(=O)[C@H](Cc1ccccc1)N(Cc1c(Cl)cccc1Cl)C(=O)CN(c1ccc(Cl)c(Cl)c1)S(=O)(=O)c1ccccc1. The van der Waals surface area contributed by atoms with Gasteiger partial charge in [0.05, 0.1) is 20.6 Å². The average molecular weight is 708 g/mol. The van der Waals surface area contributed by atoms with Gasteiger partial charge in [-0.2, -0.15) is 0 Å². The molecule has 0 spiro atoms. The van der Waals surface area contributed by atoms with Gasteiger partial charge in [-0.1, -0.05) is 101 Å². The van der Waals surface area contributed by atoms with Gasteiger partial charge in [0, 0.05) is 34.6 Å². The molecule has 2 amide bonds. The molecule has 4 rings (SSSR count). The molecule has 236 valence electrons. The summed E-state index contributed by atoms with van der Waals surface area (Å²) in [5.74, 6) is -1.09. The number of rotatable bonds is 12. The summed E-state index contributed by atoms with van der Waals surface area (Å²) in [5, 5.41) is 3.81. The average Bonchev–Trinajstić information content (AvgIpc) is 3.00. The summed E-state index contributed by atoms with van der Waals surface area (Å²) in [5.41, 5.74) is 1.32. The molecule has 0 unspecified atom stereocenters. The molecule has 7 nitrogen and oxygen atoms in total. The van der Waals surface area contributed by atoms with Crippen molar-refractivity contribution >= 4 is 73.9 Å². The maximum absolute atomic E-state index is 14.5. The lowest BCUT2D eigenvalue weighted by Crippen LogP contribution is -2.54. The summed E-state index contributed by atoms with van der Waals surface area (Å²) in [7, 11) is -4.29. The Morgan fingerprint density at radius 2 is 1.36 bits per heavy atom. The van der Waals surface area contributed by atoms with E-state index in [1.807, 2.05) is 44.2 Å². The summed E-state index contributed by atoms with van der Waals surface area (Å²) >= 11 is 25.5. The highest BCUT2D eigenvalue weighted by atomic mass is 35.5.